The predicted octanol–water partition coefficient (Wildman–Crippen LogP) is 3.37. The first-order chi connectivity index (χ1) is 14.3. The average Bonchev–Trinajstić information content (AvgIpc) is 2.72. The molecule has 1 unspecified atom stereocenters. The van der Waals surface area contributed by atoms with Crippen molar-refractivity contribution in [2.75, 3.05) is 52.5 Å². The predicted molar refractivity (Wildman–Crippen MR) is 115 cm³/mol. The van der Waals surface area contributed by atoms with Crippen molar-refractivity contribution >= 4 is 6.03 Å². The van der Waals surface area contributed by atoms with Crippen molar-refractivity contribution in [3.8, 4) is 5.75 Å². The van der Waals surface area contributed by atoms with Crippen LogP contribution in [0.3, 0.4) is 0 Å². The normalized spacial score (nSPS) is 20.1. The first kappa shape index (κ1) is 22.8. The fourth-order valence-corrected chi connectivity index (χ4v) is 3.95. The zero-order valence-electron chi connectivity index (χ0n) is 18.5. The zero-order valence-corrected chi connectivity index (χ0v) is 18.5. The molecule has 2 aliphatic rings. The SMILES string of the molecule is CC(C)(C)C(COc1ccccc1F)NC(=O)N1CCC(CN2CCOCC2)CC1. The van der Waals surface area contributed by atoms with E-state index in [4.69, 9.17) is 9.47 Å². The highest BCUT2D eigenvalue weighted by molar-refractivity contribution is 5.74. The number of morpholine rings is 1. The molecule has 6 nitrogen and oxygen atoms in total. The number of nitrogens with one attached hydrogen (secondary N) is 1. The summed E-state index contributed by atoms with van der Waals surface area (Å²) in [6, 6.07) is 6.07. The number of rotatable bonds is 6. The van der Waals surface area contributed by atoms with Crippen LogP contribution in [0, 0.1) is 17.2 Å². The van der Waals surface area contributed by atoms with Gasteiger partial charge in [-0.15, -0.1) is 0 Å². The van der Waals surface area contributed by atoms with E-state index in [-0.39, 0.29) is 35.7 Å². The number of halogens is 1. The van der Waals surface area contributed by atoms with Crippen molar-refractivity contribution in [3.05, 3.63) is 30.1 Å². The molecule has 1 aromatic carbocycles. The Morgan fingerprint density at radius 3 is 2.50 bits per heavy atom. The van der Waals surface area contributed by atoms with E-state index < -0.39 is 0 Å². The summed E-state index contributed by atoms with van der Waals surface area (Å²) >= 11 is 0. The fourth-order valence-electron chi connectivity index (χ4n) is 3.95. The molecule has 1 atom stereocenters. The molecule has 2 amide bonds. The molecule has 2 fully saturated rings. The minimum atomic E-state index is -0.390. The molecule has 1 N–H and O–H groups in total. The van der Waals surface area contributed by atoms with E-state index in [1.807, 2.05) is 4.90 Å². The molecule has 0 radical (unpaired) electrons. The first-order valence-corrected chi connectivity index (χ1v) is 11.1. The van der Waals surface area contributed by atoms with Crippen LogP contribution in [0.4, 0.5) is 9.18 Å². The number of carbonyl (C=O) groups excluding carboxylic acids is 1. The van der Waals surface area contributed by atoms with Gasteiger partial charge in [-0.1, -0.05) is 32.9 Å². The molecule has 2 saturated heterocycles. The second-order valence-electron chi connectivity index (χ2n) is 9.45. The molecule has 3 rings (SSSR count). The summed E-state index contributed by atoms with van der Waals surface area (Å²) in [7, 11) is 0. The Labute approximate surface area is 179 Å². The number of hydrogen-bond donors (Lipinski definition) is 1. The Morgan fingerprint density at radius 1 is 1.20 bits per heavy atom. The summed E-state index contributed by atoms with van der Waals surface area (Å²) in [6.07, 6.45) is 2.05. The van der Waals surface area contributed by atoms with Crippen LogP contribution in [0.2, 0.25) is 0 Å². The lowest BCUT2D eigenvalue weighted by atomic mass is 9.87. The molecule has 7 heteroatoms. The number of hydrogen-bond acceptors (Lipinski definition) is 4. The lowest BCUT2D eigenvalue weighted by Gasteiger charge is -2.38. The summed E-state index contributed by atoms with van der Waals surface area (Å²) in [5.41, 5.74) is -0.213. The maximum absolute atomic E-state index is 13.9. The Balaban J connectivity index is 1.48. The Kier molecular flexibility index (Phi) is 7.94. The van der Waals surface area contributed by atoms with Crippen molar-refractivity contribution in [2.45, 2.75) is 39.7 Å². The third kappa shape index (κ3) is 6.57. The van der Waals surface area contributed by atoms with Crippen molar-refractivity contribution < 1.29 is 18.7 Å². The number of piperidine rings is 1. The van der Waals surface area contributed by atoms with Crippen LogP contribution in [0.15, 0.2) is 24.3 Å². The molecule has 168 valence electrons. The van der Waals surface area contributed by atoms with Gasteiger partial charge in [0.15, 0.2) is 11.6 Å². The Morgan fingerprint density at radius 2 is 1.87 bits per heavy atom. The molecule has 2 aliphatic heterocycles. The second-order valence-corrected chi connectivity index (χ2v) is 9.45. The van der Waals surface area contributed by atoms with Gasteiger partial charge in [-0.05, 0) is 36.3 Å². The fraction of sp³-hybridized carbons (Fsp3) is 0.696. The second kappa shape index (κ2) is 10.4. The number of nitrogens with zero attached hydrogens (tertiary/aromatic N) is 2. The molecule has 0 aromatic heterocycles. The minimum absolute atomic E-state index is 0.0584. The largest absolute Gasteiger partial charge is 0.488 e. The molecule has 0 saturated carbocycles. The van der Waals surface area contributed by atoms with Crippen molar-refractivity contribution in [1.82, 2.24) is 15.1 Å². The van der Waals surface area contributed by atoms with Crippen LogP contribution in [0.25, 0.3) is 0 Å². The maximum Gasteiger partial charge on any atom is 0.317 e. The number of likely N-dealkylation sites (tertiary alicyclic amines) is 1. The van der Waals surface area contributed by atoms with E-state index in [1.165, 1.54) is 6.07 Å². The van der Waals surface area contributed by atoms with Crippen LogP contribution < -0.4 is 10.1 Å². The van der Waals surface area contributed by atoms with Gasteiger partial charge >= 0.3 is 6.03 Å². The van der Waals surface area contributed by atoms with Gasteiger partial charge in [-0.25, -0.2) is 9.18 Å². The smallest absolute Gasteiger partial charge is 0.317 e. The molecule has 2 heterocycles. The highest BCUT2D eigenvalue weighted by Crippen LogP contribution is 2.24. The summed E-state index contributed by atoms with van der Waals surface area (Å²) < 4.78 is 25.0. The summed E-state index contributed by atoms with van der Waals surface area (Å²) in [6.45, 7) is 12.7. The molecule has 0 bridgehead atoms. The lowest BCUT2D eigenvalue weighted by Crippen LogP contribution is -2.54. The van der Waals surface area contributed by atoms with Crippen molar-refractivity contribution in [3.63, 3.8) is 0 Å². The van der Waals surface area contributed by atoms with Gasteiger partial charge < -0.3 is 19.7 Å². The van der Waals surface area contributed by atoms with Crippen molar-refractivity contribution in [2.24, 2.45) is 11.3 Å². The summed E-state index contributed by atoms with van der Waals surface area (Å²) in [4.78, 5) is 17.3. The number of urea groups is 1. The van der Waals surface area contributed by atoms with E-state index in [2.05, 4.69) is 31.0 Å². The summed E-state index contributed by atoms with van der Waals surface area (Å²) in [5.74, 6) is 0.457. The van der Waals surface area contributed by atoms with Crippen LogP contribution in [-0.2, 0) is 4.74 Å². The zero-order chi connectivity index (χ0) is 21.6. The van der Waals surface area contributed by atoms with E-state index in [1.54, 1.807) is 18.2 Å². The molecule has 0 aliphatic carbocycles. The Bertz CT molecular complexity index is 681. The van der Waals surface area contributed by atoms with Gasteiger partial charge in [0.05, 0.1) is 19.3 Å². The molecular weight excluding hydrogens is 385 g/mol. The van der Waals surface area contributed by atoms with Crippen LogP contribution in [0.1, 0.15) is 33.6 Å². The highest BCUT2D eigenvalue weighted by Gasteiger charge is 2.31. The van der Waals surface area contributed by atoms with E-state index in [0.29, 0.717) is 5.92 Å². The van der Waals surface area contributed by atoms with Crippen LogP contribution in [0.5, 0.6) is 5.75 Å². The molecule has 0 spiro atoms. The standard InChI is InChI=1S/C23H36FN3O3/c1-23(2,3)21(17-30-20-7-5-4-6-19(20)24)25-22(28)27-10-8-18(9-11-27)16-26-12-14-29-15-13-26/h4-7,18,21H,8-17H2,1-3H3,(H,25,28). The molecular formula is C23H36FN3O3. The lowest BCUT2D eigenvalue weighted by molar-refractivity contribution is 0.0257. The maximum atomic E-state index is 13.9. The topological polar surface area (TPSA) is 54.0 Å². The molecule has 30 heavy (non-hydrogen) atoms. The highest BCUT2D eigenvalue weighted by atomic mass is 19.1. The number of amides is 2. The van der Waals surface area contributed by atoms with Crippen molar-refractivity contribution in [1.29, 1.82) is 0 Å². The number of ether oxygens (including phenoxy) is 2. The van der Waals surface area contributed by atoms with E-state index in [9.17, 15) is 9.18 Å². The van der Waals surface area contributed by atoms with Gasteiger partial charge in [0.25, 0.3) is 0 Å². The third-order valence-corrected chi connectivity index (χ3v) is 6.11. The number of carbonyl (C=O) groups is 1. The van der Waals surface area contributed by atoms with Crippen LogP contribution >= 0.6 is 0 Å². The Hall–Kier alpha value is -1.86. The average molecular weight is 422 g/mol. The minimum Gasteiger partial charge on any atom is -0.488 e. The van der Waals surface area contributed by atoms with E-state index in [0.717, 1.165) is 58.8 Å². The number of benzene rings is 1. The number of para-hydroxylation sites is 1. The van der Waals surface area contributed by atoms with Gasteiger partial charge in [0, 0.05) is 32.7 Å². The first-order valence-electron chi connectivity index (χ1n) is 11.1. The van der Waals surface area contributed by atoms with Crippen LogP contribution in [-0.4, -0.2) is 74.4 Å². The summed E-state index contributed by atoms with van der Waals surface area (Å²) in [5, 5.41) is 3.13. The van der Waals surface area contributed by atoms with E-state index >= 15 is 0 Å². The van der Waals surface area contributed by atoms with Gasteiger partial charge in [-0.3, -0.25) is 4.90 Å². The molecule has 1 aromatic rings. The van der Waals surface area contributed by atoms with Gasteiger partial charge in [0.2, 0.25) is 0 Å². The van der Waals surface area contributed by atoms with Gasteiger partial charge in [0.1, 0.15) is 6.61 Å². The van der Waals surface area contributed by atoms with Gasteiger partial charge in [-0.2, -0.15) is 0 Å². The third-order valence-electron chi connectivity index (χ3n) is 6.11. The monoisotopic (exact) mass is 421 g/mol. The quantitative estimate of drug-likeness (QED) is 0.765.